The molecule has 0 aliphatic carbocycles. The maximum absolute atomic E-state index is 12.6. The standard InChI is InChI=1S/C21H24N2O3S/c22-18-14-23(13-17(18)15-4-2-1-3-5-15)21(24)8-11-27-16-6-7-19-20(12-16)26-10-9-25-19/h1-7,12,17-18H,8-11,13-14,22H2/t17-,18+/m0/s1. The lowest BCUT2D eigenvalue weighted by atomic mass is 9.95. The number of likely N-dealkylation sites (tertiary alicyclic amines) is 1. The third kappa shape index (κ3) is 4.22. The number of hydrogen-bond donors (Lipinski definition) is 1. The van der Waals surface area contributed by atoms with Gasteiger partial charge in [0.25, 0.3) is 0 Å². The molecule has 27 heavy (non-hydrogen) atoms. The van der Waals surface area contributed by atoms with Crippen molar-refractivity contribution in [3.63, 3.8) is 0 Å². The Bertz CT molecular complexity index is 799. The minimum Gasteiger partial charge on any atom is -0.486 e. The summed E-state index contributed by atoms with van der Waals surface area (Å²) in [5.41, 5.74) is 7.51. The van der Waals surface area contributed by atoms with E-state index in [4.69, 9.17) is 15.2 Å². The van der Waals surface area contributed by atoms with Gasteiger partial charge in [0.2, 0.25) is 5.91 Å². The Kier molecular flexibility index (Phi) is 5.55. The molecule has 0 bridgehead atoms. The molecule has 0 saturated carbocycles. The van der Waals surface area contributed by atoms with Crippen LogP contribution in [0.3, 0.4) is 0 Å². The molecule has 2 atom stereocenters. The predicted molar refractivity (Wildman–Crippen MR) is 107 cm³/mol. The zero-order valence-corrected chi connectivity index (χ0v) is 16.0. The second kappa shape index (κ2) is 8.23. The summed E-state index contributed by atoms with van der Waals surface area (Å²) in [6.07, 6.45) is 0.507. The quantitative estimate of drug-likeness (QED) is 0.803. The molecular weight excluding hydrogens is 360 g/mol. The monoisotopic (exact) mass is 384 g/mol. The van der Waals surface area contributed by atoms with E-state index in [-0.39, 0.29) is 17.9 Å². The number of thioether (sulfide) groups is 1. The van der Waals surface area contributed by atoms with Crippen molar-refractivity contribution in [2.24, 2.45) is 5.73 Å². The van der Waals surface area contributed by atoms with Crippen LogP contribution in [0, 0.1) is 0 Å². The molecule has 0 aromatic heterocycles. The molecule has 0 unspecified atom stereocenters. The van der Waals surface area contributed by atoms with Gasteiger partial charge in [0.05, 0.1) is 0 Å². The SMILES string of the molecule is N[C@@H]1CN(C(=O)CCSc2ccc3c(c2)OCCO3)C[C@H]1c1ccccc1. The van der Waals surface area contributed by atoms with E-state index in [1.54, 1.807) is 11.8 Å². The Labute approximate surface area is 163 Å². The number of nitrogens with two attached hydrogens (primary N) is 1. The number of rotatable bonds is 5. The Morgan fingerprint density at radius 3 is 2.67 bits per heavy atom. The highest BCUT2D eigenvalue weighted by Gasteiger charge is 2.33. The van der Waals surface area contributed by atoms with Crippen LogP contribution in [0.25, 0.3) is 0 Å². The van der Waals surface area contributed by atoms with E-state index in [9.17, 15) is 4.79 Å². The number of hydrogen-bond acceptors (Lipinski definition) is 5. The largest absolute Gasteiger partial charge is 0.486 e. The smallest absolute Gasteiger partial charge is 0.223 e. The van der Waals surface area contributed by atoms with Crippen molar-refractivity contribution in [2.45, 2.75) is 23.3 Å². The van der Waals surface area contributed by atoms with Gasteiger partial charge in [-0.2, -0.15) is 0 Å². The van der Waals surface area contributed by atoms with Crippen LogP contribution in [-0.2, 0) is 4.79 Å². The fraction of sp³-hybridized carbons (Fsp3) is 0.381. The lowest BCUT2D eigenvalue weighted by Crippen LogP contribution is -2.32. The van der Waals surface area contributed by atoms with Gasteiger partial charge in [-0.15, -0.1) is 11.8 Å². The summed E-state index contributed by atoms with van der Waals surface area (Å²) in [6, 6.07) is 16.2. The molecule has 0 radical (unpaired) electrons. The first kappa shape index (κ1) is 18.2. The minimum atomic E-state index is 0.00166. The van der Waals surface area contributed by atoms with Crippen molar-refractivity contribution >= 4 is 17.7 Å². The maximum atomic E-state index is 12.6. The number of benzene rings is 2. The minimum absolute atomic E-state index is 0.00166. The van der Waals surface area contributed by atoms with Crippen molar-refractivity contribution < 1.29 is 14.3 Å². The van der Waals surface area contributed by atoms with E-state index in [1.165, 1.54) is 5.56 Å². The summed E-state index contributed by atoms with van der Waals surface area (Å²) in [5, 5.41) is 0. The van der Waals surface area contributed by atoms with Crippen molar-refractivity contribution in [3.05, 3.63) is 54.1 Å². The molecule has 0 spiro atoms. The molecule has 4 rings (SSSR count). The zero-order chi connectivity index (χ0) is 18.6. The molecule has 2 N–H and O–H groups in total. The van der Waals surface area contributed by atoms with Gasteiger partial charge in [0.1, 0.15) is 13.2 Å². The number of carbonyl (C=O) groups is 1. The van der Waals surface area contributed by atoms with Crippen LogP contribution in [0.2, 0.25) is 0 Å². The second-order valence-corrected chi connectivity index (χ2v) is 8.05. The van der Waals surface area contributed by atoms with E-state index in [0.717, 1.165) is 22.1 Å². The topological polar surface area (TPSA) is 64.8 Å². The van der Waals surface area contributed by atoms with Crippen LogP contribution in [0.15, 0.2) is 53.4 Å². The second-order valence-electron chi connectivity index (χ2n) is 6.88. The highest BCUT2D eigenvalue weighted by molar-refractivity contribution is 7.99. The molecule has 2 aliphatic rings. The third-order valence-electron chi connectivity index (χ3n) is 5.04. The molecule has 142 valence electrons. The predicted octanol–water partition coefficient (Wildman–Crippen LogP) is 2.89. The van der Waals surface area contributed by atoms with Gasteiger partial charge in [-0.05, 0) is 23.8 Å². The Morgan fingerprint density at radius 1 is 1.07 bits per heavy atom. The lowest BCUT2D eigenvalue weighted by molar-refractivity contribution is -0.129. The van der Waals surface area contributed by atoms with Crippen LogP contribution >= 0.6 is 11.8 Å². The first-order chi connectivity index (χ1) is 13.2. The van der Waals surface area contributed by atoms with Crippen LogP contribution in [0.1, 0.15) is 17.9 Å². The van der Waals surface area contributed by atoms with Crippen LogP contribution in [0.5, 0.6) is 11.5 Å². The number of carbonyl (C=O) groups excluding carboxylic acids is 1. The van der Waals surface area contributed by atoms with Crippen molar-refractivity contribution in [1.82, 2.24) is 4.90 Å². The first-order valence-corrected chi connectivity index (χ1v) is 10.3. The van der Waals surface area contributed by atoms with Crippen molar-refractivity contribution in [1.29, 1.82) is 0 Å². The Morgan fingerprint density at radius 2 is 1.85 bits per heavy atom. The summed E-state index contributed by atoms with van der Waals surface area (Å²) >= 11 is 1.66. The van der Waals surface area contributed by atoms with Gasteiger partial charge in [0.15, 0.2) is 11.5 Å². The number of nitrogens with zero attached hydrogens (tertiary/aromatic N) is 1. The maximum Gasteiger partial charge on any atom is 0.223 e. The van der Waals surface area contributed by atoms with Gasteiger partial charge in [-0.3, -0.25) is 4.79 Å². The molecule has 6 heteroatoms. The molecule has 2 aromatic carbocycles. The van der Waals surface area contributed by atoms with Gasteiger partial charge in [-0.1, -0.05) is 30.3 Å². The molecule has 1 amide bonds. The van der Waals surface area contributed by atoms with Crippen LogP contribution < -0.4 is 15.2 Å². The number of ether oxygens (including phenoxy) is 2. The van der Waals surface area contributed by atoms with Crippen molar-refractivity contribution in [3.8, 4) is 11.5 Å². The fourth-order valence-corrected chi connectivity index (χ4v) is 4.48. The van der Waals surface area contributed by atoms with E-state index in [0.29, 0.717) is 32.7 Å². The summed E-state index contributed by atoms with van der Waals surface area (Å²) in [6.45, 7) is 2.51. The normalized spacial score (nSPS) is 21.3. The average Bonchev–Trinajstić information content (AvgIpc) is 3.10. The summed E-state index contributed by atoms with van der Waals surface area (Å²) in [5.74, 6) is 2.71. The van der Waals surface area contributed by atoms with E-state index >= 15 is 0 Å². The zero-order valence-electron chi connectivity index (χ0n) is 15.2. The lowest BCUT2D eigenvalue weighted by Gasteiger charge is -2.19. The molecular formula is C21H24N2O3S. The first-order valence-electron chi connectivity index (χ1n) is 9.31. The van der Waals surface area contributed by atoms with Gasteiger partial charge >= 0.3 is 0 Å². The van der Waals surface area contributed by atoms with E-state index in [2.05, 4.69) is 12.1 Å². The Balaban J connectivity index is 1.29. The molecule has 2 aliphatic heterocycles. The summed E-state index contributed by atoms with van der Waals surface area (Å²) in [7, 11) is 0. The highest BCUT2D eigenvalue weighted by Crippen LogP contribution is 2.34. The van der Waals surface area contributed by atoms with Crippen LogP contribution in [-0.4, -0.2) is 48.9 Å². The fourth-order valence-electron chi connectivity index (χ4n) is 3.61. The number of fused-ring (bicyclic) bond motifs is 1. The third-order valence-corrected chi connectivity index (χ3v) is 6.04. The molecule has 5 nitrogen and oxygen atoms in total. The Hall–Kier alpha value is -2.18. The average molecular weight is 385 g/mol. The van der Waals surface area contributed by atoms with E-state index < -0.39 is 0 Å². The molecule has 2 heterocycles. The molecule has 1 fully saturated rings. The van der Waals surface area contributed by atoms with Gasteiger partial charge in [0, 0.05) is 42.1 Å². The highest BCUT2D eigenvalue weighted by atomic mass is 32.2. The van der Waals surface area contributed by atoms with Crippen molar-refractivity contribution in [2.75, 3.05) is 32.1 Å². The molecule has 1 saturated heterocycles. The van der Waals surface area contributed by atoms with Gasteiger partial charge in [-0.25, -0.2) is 0 Å². The van der Waals surface area contributed by atoms with E-state index in [1.807, 2.05) is 41.3 Å². The molecule has 2 aromatic rings. The van der Waals surface area contributed by atoms with Crippen LogP contribution in [0.4, 0.5) is 0 Å². The number of amides is 1. The summed E-state index contributed by atoms with van der Waals surface area (Å²) in [4.78, 5) is 15.6. The van der Waals surface area contributed by atoms with Gasteiger partial charge < -0.3 is 20.1 Å². The summed E-state index contributed by atoms with van der Waals surface area (Å²) < 4.78 is 11.1.